The standard InChI is InChI=1S/C22H28N4O3/c1-3-20(27)26-11-8-16(13-26)21-23-18-14-25(10-9-17(18)22(28)24-21)12-15-6-4-5-7-19(15)29-2/h4-7,16H,3,8-14H2,1-2H3,(H,23,24,28)/t16-/m0/s1. The number of aromatic nitrogens is 2. The van der Waals surface area contributed by atoms with Crippen LogP contribution in [0.2, 0.25) is 0 Å². The van der Waals surface area contributed by atoms with E-state index in [-0.39, 0.29) is 17.4 Å². The molecule has 0 radical (unpaired) electrons. The van der Waals surface area contributed by atoms with Crippen molar-refractivity contribution in [2.75, 3.05) is 26.7 Å². The summed E-state index contributed by atoms with van der Waals surface area (Å²) in [6.45, 7) is 5.48. The predicted octanol–water partition coefficient (Wildman–Crippen LogP) is 2.06. The number of para-hydroxylation sites is 1. The Kier molecular flexibility index (Phi) is 5.67. The smallest absolute Gasteiger partial charge is 0.254 e. The number of hydrogen-bond donors (Lipinski definition) is 1. The summed E-state index contributed by atoms with van der Waals surface area (Å²) >= 11 is 0. The maximum absolute atomic E-state index is 12.7. The van der Waals surface area contributed by atoms with Crippen molar-refractivity contribution in [2.45, 2.75) is 45.2 Å². The third kappa shape index (κ3) is 4.05. The molecule has 0 unspecified atom stereocenters. The molecule has 2 aromatic rings. The average molecular weight is 396 g/mol. The van der Waals surface area contributed by atoms with Crippen LogP contribution in [0.15, 0.2) is 29.1 Å². The number of methoxy groups -OCH3 is 1. The lowest BCUT2D eigenvalue weighted by atomic mass is 10.0. The number of hydrogen-bond acceptors (Lipinski definition) is 5. The van der Waals surface area contributed by atoms with E-state index < -0.39 is 0 Å². The van der Waals surface area contributed by atoms with E-state index in [1.54, 1.807) is 7.11 Å². The van der Waals surface area contributed by atoms with Gasteiger partial charge in [-0.25, -0.2) is 4.98 Å². The molecule has 0 spiro atoms. The van der Waals surface area contributed by atoms with Gasteiger partial charge in [0.2, 0.25) is 5.91 Å². The van der Waals surface area contributed by atoms with E-state index in [9.17, 15) is 9.59 Å². The minimum atomic E-state index is -0.0257. The molecule has 2 aliphatic heterocycles. The van der Waals surface area contributed by atoms with Gasteiger partial charge in [0.25, 0.3) is 5.56 Å². The summed E-state index contributed by atoms with van der Waals surface area (Å²) < 4.78 is 5.47. The molecule has 1 atom stereocenters. The third-order valence-corrected chi connectivity index (χ3v) is 5.99. The number of ether oxygens (including phenoxy) is 1. The monoisotopic (exact) mass is 396 g/mol. The predicted molar refractivity (Wildman–Crippen MR) is 110 cm³/mol. The van der Waals surface area contributed by atoms with E-state index >= 15 is 0 Å². The molecule has 1 fully saturated rings. The molecule has 7 nitrogen and oxygen atoms in total. The minimum absolute atomic E-state index is 0.0257. The molecular formula is C22H28N4O3. The number of aromatic amines is 1. The lowest BCUT2D eigenvalue weighted by Crippen LogP contribution is -2.36. The molecule has 29 heavy (non-hydrogen) atoms. The van der Waals surface area contributed by atoms with Gasteiger partial charge in [-0.15, -0.1) is 0 Å². The second kappa shape index (κ2) is 8.37. The number of H-pyrrole nitrogens is 1. The van der Waals surface area contributed by atoms with Gasteiger partial charge in [-0.3, -0.25) is 14.5 Å². The summed E-state index contributed by atoms with van der Waals surface area (Å²) in [4.78, 5) is 36.7. The number of rotatable bonds is 5. The zero-order valence-electron chi connectivity index (χ0n) is 17.1. The normalized spacial score (nSPS) is 19.2. The van der Waals surface area contributed by atoms with Crippen LogP contribution in [0, 0.1) is 0 Å². The van der Waals surface area contributed by atoms with E-state index in [2.05, 4.69) is 16.0 Å². The molecule has 1 N–H and O–H groups in total. The number of carbonyl (C=O) groups excluding carboxylic acids is 1. The molecule has 4 rings (SSSR count). The van der Waals surface area contributed by atoms with E-state index in [0.29, 0.717) is 25.9 Å². The Balaban J connectivity index is 1.52. The van der Waals surface area contributed by atoms with E-state index in [0.717, 1.165) is 54.4 Å². The van der Waals surface area contributed by atoms with Crippen LogP contribution >= 0.6 is 0 Å². The van der Waals surface area contributed by atoms with Gasteiger partial charge in [0.1, 0.15) is 11.6 Å². The molecule has 1 aromatic carbocycles. The first-order chi connectivity index (χ1) is 14.1. The molecule has 1 aromatic heterocycles. The first kappa shape index (κ1) is 19.6. The fraction of sp³-hybridized carbons (Fsp3) is 0.500. The summed E-state index contributed by atoms with van der Waals surface area (Å²) in [5.41, 5.74) is 2.77. The number of benzene rings is 1. The summed E-state index contributed by atoms with van der Waals surface area (Å²) in [6.07, 6.45) is 2.05. The maximum atomic E-state index is 12.7. The molecule has 0 saturated carbocycles. The van der Waals surface area contributed by atoms with Crippen molar-refractivity contribution >= 4 is 5.91 Å². The van der Waals surface area contributed by atoms with Crippen LogP contribution in [0.25, 0.3) is 0 Å². The van der Waals surface area contributed by atoms with Gasteiger partial charge in [-0.05, 0) is 18.9 Å². The quantitative estimate of drug-likeness (QED) is 0.837. The van der Waals surface area contributed by atoms with Gasteiger partial charge in [0.15, 0.2) is 0 Å². The van der Waals surface area contributed by atoms with E-state index in [1.165, 1.54) is 0 Å². The van der Waals surface area contributed by atoms with Crippen molar-refractivity contribution in [3.05, 3.63) is 57.3 Å². The SMILES string of the molecule is CCC(=O)N1CC[C@H](c2nc3c(c(=O)[nH]2)CCN(Cc2ccccc2OC)C3)C1. The van der Waals surface area contributed by atoms with Gasteiger partial charge in [-0.1, -0.05) is 25.1 Å². The first-order valence-electron chi connectivity index (χ1n) is 10.3. The fourth-order valence-electron chi connectivity index (χ4n) is 4.35. The summed E-state index contributed by atoms with van der Waals surface area (Å²) in [6, 6.07) is 8.02. The molecule has 1 amide bonds. The van der Waals surface area contributed by atoms with Crippen LogP contribution in [0.1, 0.15) is 48.3 Å². The zero-order chi connectivity index (χ0) is 20.4. The van der Waals surface area contributed by atoms with Gasteiger partial charge < -0.3 is 14.6 Å². The molecule has 3 heterocycles. The Labute approximate surface area is 170 Å². The van der Waals surface area contributed by atoms with Gasteiger partial charge >= 0.3 is 0 Å². The van der Waals surface area contributed by atoms with Crippen LogP contribution in [-0.2, 0) is 24.3 Å². The molecule has 2 aliphatic rings. The molecule has 0 bridgehead atoms. The van der Waals surface area contributed by atoms with Crippen molar-refractivity contribution in [1.29, 1.82) is 0 Å². The second-order valence-corrected chi connectivity index (χ2v) is 7.83. The summed E-state index contributed by atoms with van der Waals surface area (Å²) in [5.74, 6) is 1.87. The van der Waals surface area contributed by atoms with E-state index in [1.807, 2.05) is 30.0 Å². The van der Waals surface area contributed by atoms with Crippen molar-refractivity contribution in [1.82, 2.24) is 19.8 Å². The number of nitrogens with zero attached hydrogens (tertiary/aromatic N) is 3. The number of likely N-dealkylation sites (tertiary alicyclic amines) is 1. The highest BCUT2D eigenvalue weighted by atomic mass is 16.5. The lowest BCUT2D eigenvalue weighted by Gasteiger charge is -2.28. The van der Waals surface area contributed by atoms with Crippen LogP contribution < -0.4 is 10.3 Å². The highest BCUT2D eigenvalue weighted by Crippen LogP contribution is 2.27. The summed E-state index contributed by atoms with van der Waals surface area (Å²) in [5, 5.41) is 0. The average Bonchev–Trinajstić information content (AvgIpc) is 3.23. The number of nitrogens with one attached hydrogen (secondary N) is 1. The van der Waals surface area contributed by atoms with Crippen molar-refractivity contribution in [3.8, 4) is 5.75 Å². The number of fused-ring (bicyclic) bond motifs is 1. The first-order valence-corrected chi connectivity index (χ1v) is 10.3. The molecule has 1 saturated heterocycles. The van der Waals surface area contributed by atoms with Crippen molar-refractivity contribution in [3.63, 3.8) is 0 Å². The van der Waals surface area contributed by atoms with Crippen LogP contribution in [-0.4, -0.2) is 52.4 Å². The van der Waals surface area contributed by atoms with Crippen LogP contribution in [0.4, 0.5) is 0 Å². The van der Waals surface area contributed by atoms with Gasteiger partial charge in [0, 0.05) is 56.2 Å². The maximum Gasteiger partial charge on any atom is 0.254 e. The lowest BCUT2D eigenvalue weighted by molar-refractivity contribution is -0.129. The topological polar surface area (TPSA) is 78.5 Å². The highest BCUT2D eigenvalue weighted by Gasteiger charge is 2.30. The Bertz CT molecular complexity index is 955. The molecule has 154 valence electrons. The van der Waals surface area contributed by atoms with Crippen LogP contribution in [0.3, 0.4) is 0 Å². The fourth-order valence-corrected chi connectivity index (χ4v) is 4.35. The third-order valence-electron chi connectivity index (χ3n) is 5.99. The molecule has 0 aliphatic carbocycles. The van der Waals surface area contributed by atoms with Gasteiger partial charge in [0.05, 0.1) is 12.8 Å². The van der Waals surface area contributed by atoms with Crippen LogP contribution in [0.5, 0.6) is 5.75 Å². The van der Waals surface area contributed by atoms with E-state index in [4.69, 9.17) is 9.72 Å². The Morgan fingerprint density at radius 2 is 2.14 bits per heavy atom. The van der Waals surface area contributed by atoms with Crippen molar-refractivity contribution < 1.29 is 9.53 Å². The Hall–Kier alpha value is -2.67. The van der Waals surface area contributed by atoms with Crippen molar-refractivity contribution in [2.24, 2.45) is 0 Å². The summed E-state index contributed by atoms with van der Waals surface area (Å²) in [7, 11) is 1.69. The number of amides is 1. The zero-order valence-corrected chi connectivity index (χ0v) is 17.1. The Morgan fingerprint density at radius 3 is 2.93 bits per heavy atom. The largest absolute Gasteiger partial charge is 0.496 e. The minimum Gasteiger partial charge on any atom is -0.496 e. The number of carbonyl (C=O) groups is 1. The second-order valence-electron chi connectivity index (χ2n) is 7.83. The van der Waals surface area contributed by atoms with Gasteiger partial charge in [-0.2, -0.15) is 0 Å². The molecule has 7 heteroatoms. The molecular weight excluding hydrogens is 368 g/mol. The highest BCUT2D eigenvalue weighted by molar-refractivity contribution is 5.76. The Morgan fingerprint density at radius 1 is 1.31 bits per heavy atom.